The first-order valence-electron chi connectivity index (χ1n) is 8.73. The van der Waals surface area contributed by atoms with E-state index < -0.39 is 0 Å². The number of hydrogen-bond donors (Lipinski definition) is 1. The average molecular weight is 383 g/mol. The highest BCUT2D eigenvalue weighted by Crippen LogP contribution is 2.28. The van der Waals surface area contributed by atoms with E-state index in [-0.39, 0.29) is 12.5 Å². The minimum atomic E-state index is -0.207. The summed E-state index contributed by atoms with van der Waals surface area (Å²) in [5.41, 5.74) is 3.00. The Labute approximate surface area is 162 Å². The molecule has 3 rings (SSSR count). The standard InChI is InChI=1S/C20H21N3O3S/c1-3-25-17-6-5-14(11-18(17)26-4-2)20(24)23-12-16-19(22-9-8-21-16)15-7-10-27-13-15/h5-11,13H,3-4,12H2,1-2H3,(H,23,24). The maximum Gasteiger partial charge on any atom is 0.251 e. The van der Waals surface area contributed by atoms with Crippen LogP contribution in [0.25, 0.3) is 11.3 Å². The third-order valence-electron chi connectivity index (χ3n) is 3.79. The zero-order valence-corrected chi connectivity index (χ0v) is 16.1. The second kappa shape index (κ2) is 9.14. The van der Waals surface area contributed by atoms with Crippen molar-refractivity contribution in [1.29, 1.82) is 0 Å². The first-order chi connectivity index (χ1) is 13.2. The number of hydrogen-bond acceptors (Lipinski definition) is 6. The molecule has 3 aromatic rings. The third kappa shape index (κ3) is 4.62. The van der Waals surface area contributed by atoms with Crippen LogP contribution in [0, 0.1) is 0 Å². The third-order valence-corrected chi connectivity index (χ3v) is 4.47. The van der Waals surface area contributed by atoms with Crippen LogP contribution >= 0.6 is 11.3 Å². The van der Waals surface area contributed by atoms with Gasteiger partial charge in [-0.1, -0.05) is 0 Å². The van der Waals surface area contributed by atoms with Crippen LogP contribution in [0.15, 0.2) is 47.4 Å². The zero-order chi connectivity index (χ0) is 19.1. The van der Waals surface area contributed by atoms with Gasteiger partial charge in [0.15, 0.2) is 11.5 Å². The number of benzene rings is 1. The van der Waals surface area contributed by atoms with Crippen LogP contribution in [0.4, 0.5) is 0 Å². The summed E-state index contributed by atoms with van der Waals surface area (Å²) in [6.45, 7) is 5.11. The number of aromatic nitrogens is 2. The van der Waals surface area contributed by atoms with Gasteiger partial charge >= 0.3 is 0 Å². The molecule has 1 N–H and O–H groups in total. The Hall–Kier alpha value is -2.93. The van der Waals surface area contributed by atoms with Crippen LogP contribution in [0.2, 0.25) is 0 Å². The predicted molar refractivity (Wildman–Crippen MR) is 105 cm³/mol. The summed E-state index contributed by atoms with van der Waals surface area (Å²) in [6.07, 6.45) is 3.28. The molecule has 0 unspecified atom stereocenters. The predicted octanol–water partition coefficient (Wildman–Crippen LogP) is 3.93. The second-order valence-electron chi connectivity index (χ2n) is 5.57. The highest BCUT2D eigenvalue weighted by molar-refractivity contribution is 7.08. The molecular formula is C20H21N3O3S. The molecule has 1 amide bonds. The normalized spacial score (nSPS) is 10.4. The fourth-order valence-corrected chi connectivity index (χ4v) is 3.24. The molecule has 2 heterocycles. The van der Waals surface area contributed by atoms with Crippen molar-refractivity contribution < 1.29 is 14.3 Å². The molecule has 0 aliphatic carbocycles. The average Bonchev–Trinajstić information content (AvgIpc) is 3.22. The smallest absolute Gasteiger partial charge is 0.251 e. The molecular weight excluding hydrogens is 362 g/mol. The lowest BCUT2D eigenvalue weighted by Crippen LogP contribution is -2.24. The largest absolute Gasteiger partial charge is 0.490 e. The van der Waals surface area contributed by atoms with Gasteiger partial charge in [-0.05, 0) is 43.5 Å². The van der Waals surface area contributed by atoms with Crippen LogP contribution in [-0.2, 0) is 6.54 Å². The van der Waals surface area contributed by atoms with E-state index in [2.05, 4.69) is 15.3 Å². The number of carbonyl (C=O) groups excluding carboxylic acids is 1. The topological polar surface area (TPSA) is 73.3 Å². The molecule has 0 bridgehead atoms. The van der Waals surface area contributed by atoms with Gasteiger partial charge in [-0.3, -0.25) is 14.8 Å². The van der Waals surface area contributed by atoms with Crippen molar-refractivity contribution in [1.82, 2.24) is 15.3 Å². The van der Waals surface area contributed by atoms with Crippen LogP contribution in [0.1, 0.15) is 29.9 Å². The van der Waals surface area contributed by atoms with Crippen molar-refractivity contribution >= 4 is 17.2 Å². The number of amides is 1. The summed E-state index contributed by atoms with van der Waals surface area (Å²) in [4.78, 5) is 21.4. The molecule has 1 aromatic carbocycles. The quantitative estimate of drug-likeness (QED) is 0.638. The lowest BCUT2D eigenvalue weighted by Gasteiger charge is -2.13. The van der Waals surface area contributed by atoms with Gasteiger partial charge in [0.1, 0.15) is 0 Å². The Bertz CT molecular complexity index is 897. The molecule has 0 saturated heterocycles. The Morgan fingerprint density at radius 1 is 1.07 bits per heavy atom. The minimum absolute atomic E-state index is 0.207. The Morgan fingerprint density at radius 2 is 1.85 bits per heavy atom. The van der Waals surface area contributed by atoms with Gasteiger partial charge in [-0.2, -0.15) is 11.3 Å². The van der Waals surface area contributed by atoms with Gasteiger partial charge in [-0.25, -0.2) is 0 Å². The molecule has 7 heteroatoms. The summed E-state index contributed by atoms with van der Waals surface area (Å²) in [6, 6.07) is 7.16. The van der Waals surface area contributed by atoms with Crippen molar-refractivity contribution in [3.05, 3.63) is 58.7 Å². The monoisotopic (exact) mass is 383 g/mol. The molecule has 6 nitrogen and oxygen atoms in total. The van der Waals surface area contributed by atoms with E-state index in [1.165, 1.54) is 0 Å². The van der Waals surface area contributed by atoms with E-state index in [1.54, 1.807) is 41.9 Å². The Balaban J connectivity index is 1.74. The first-order valence-corrected chi connectivity index (χ1v) is 9.67. The molecule has 0 radical (unpaired) electrons. The van der Waals surface area contributed by atoms with Gasteiger partial charge in [0.25, 0.3) is 5.91 Å². The lowest BCUT2D eigenvalue weighted by atomic mass is 10.1. The Morgan fingerprint density at radius 3 is 2.59 bits per heavy atom. The van der Waals surface area contributed by atoms with E-state index in [0.717, 1.165) is 17.0 Å². The number of nitrogens with one attached hydrogen (secondary N) is 1. The number of rotatable bonds is 8. The van der Waals surface area contributed by atoms with Crippen molar-refractivity contribution in [2.24, 2.45) is 0 Å². The molecule has 0 aliphatic heterocycles. The van der Waals surface area contributed by atoms with E-state index in [9.17, 15) is 4.79 Å². The summed E-state index contributed by atoms with van der Waals surface area (Å²) in [5, 5.41) is 6.90. The molecule has 0 atom stereocenters. The molecule has 27 heavy (non-hydrogen) atoms. The molecule has 140 valence electrons. The molecule has 0 fully saturated rings. The van der Waals surface area contributed by atoms with Crippen molar-refractivity contribution in [3.8, 4) is 22.8 Å². The first kappa shape index (κ1) is 18.8. The van der Waals surface area contributed by atoms with Crippen molar-refractivity contribution in [3.63, 3.8) is 0 Å². The van der Waals surface area contributed by atoms with E-state index in [4.69, 9.17) is 9.47 Å². The SMILES string of the molecule is CCOc1ccc(C(=O)NCc2nccnc2-c2ccsc2)cc1OCC. The summed E-state index contributed by atoms with van der Waals surface area (Å²) in [7, 11) is 0. The maximum absolute atomic E-state index is 12.6. The van der Waals surface area contributed by atoms with Gasteiger partial charge in [-0.15, -0.1) is 0 Å². The minimum Gasteiger partial charge on any atom is -0.490 e. The Kier molecular flexibility index (Phi) is 6.38. The number of carbonyl (C=O) groups is 1. The van der Waals surface area contributed by atoms with Gasteiger partial charge < -0.3 is 14.8 Å². The fraction of sp³-hybridized carbons (Fsp3) is 0.250. The molecule has 0 aliphatic rings. The van der Waals surface area contributed by atoms with E-state index in [0.29, 0.717) is 30.3 Å². The summed E-state index contributed by atoms with van der Waals surface area (Å²) in [5.74, 6) is 0.982. The zero-order valence-electron chi connectivity index (χ0n) is 15.3. The maximum atomic E-state index is 12.6. The summed E-state index contributed by atoms with van der Waals surface area (Å²) >= 11 is 1.59. The van der Waals surface area contributed by atoms with E-state index >= 15 is 0 Å². The molecule has 0 saturated carbocycles. The highest BCUT2D eigenvalue weighted by atomic mass is 32.1. The number of nitrogens with zero attached hydrogens (tertiary/aromatic N) is 2. The van der Waals surface area contributed by atoms with Crippen LogP contribution in [0.5, 0.6) is 11.5 Å². The fourth-order valence-electron chi connectivity index (χ4n) is 2.59. The van der Waals surface area contributed by atoms with Crippen LogP contribution in [0.3, 0.4) is 0 Å². The molecule has 2 aromatic heterocycles. The lowest BCUT2D eigenvalue weighted by molar-refractivity contribution is 0.0950. The van der Waals surface area contributed by atoms with Crippen LogP contribution < -0.4 is 14.8 Å². The van der Waals surface area contributed by atoms with Gasteiger partial charge in [0.2, 0.25) is 0 Å². The van der Waals surface area contributed by atoms with Crippen molar-refractivity contribution in [2.75, 3.05) is 13.2 Å². The van der Waals surface area contributed by atoms with E-state index in [1.807, 2.05) is 30.7 Å². The number of thiophene rings is 1. The summed E-state index contributed by atoms with van der Waals surface area (Å²) < 4.78 is 11.1. The van der Waals surface area contributed by atoms with Gasteiger partial charge in [0.05, 0.1) is 31.1 Å². The number of ether oxygens (including phenoxy) is 2. The molecule has 0 spiro atoms. The highest BCUT2D eigenvalue weighted by Gasteiger charge is 2.13. The van der Waals surface area contributed by atoms with Crippen molar-refractivity contribution in [2.45, 2.75) is 20.4 Å². The van der Waals surface area contributed by atoms with Crippen LogP contribution in [-0.4, -0.2) is 29.1 Å². The second-order valence-corrected chi connectivity index (χ2v) is 6.35. The van der Waals surface area contributed by atoms with Gasteiger partial charge in [0, 0.05) is 28.9 Å².